The molecule has 4 nitrogen and oxygen atoms in total. The quantitative estimate of drug-likeness (QED) is 0.447. The topological polar surface area (TPSA) is 49.6 Å². The lowest BCUT2D eigenvalue weighted by Crippen LogP contribution is -2.54. The van der Waals surface area contributed by atoms with Crippen molar-refractivity contribution in [3.63, 3.8) is 0 Å². The zero-order valence-electron chi connectivity index (χ0n) is 13.6. The Labute approximate surface area is 154 Å². The van der Waals surface area contributed by atoms with Crippen molar-refractivity contribution in [2.75, 3.05) is 7.05 Å². The van der Waals surface area contributed by atoms with Crippen LogP contribution in [0.2, 0.25) is 0 Å². The summed E-state index contributed by atoms with van der Waals surface area (Å²) < 4.78 is 5.32. The summed E-state index contributed by atoms with van der Waals surface area (Å²) in [5.74, 6) is 1.74. The molecule has 1 fully saturated rings. The van der Waals surface area contributed by atoms with E-state index in [1.807, 2.05) is 12.1 Å². The molecule has 0 spiro atoms. The first kappa shape index (κ1) is 17.8. The highest BCUT2D eigenvalue weighted by Gasteiger charge is 2.41. The zero-order chi connectivity index (χ0) is 15.4. The Balaban J connectivity index is 0.00000192. The first-order chi connectivity index (χ1) is 10.7. The van der Waals surface area contributed by atoms with Crippen LogP contribution in [0.3, 0.4) is 0 Å². The second-order valence-electron chi connectivity index (χ2n) is 6.18. The van der Waals surface area contributed by atoms with E-state index in [-0.39, 0.29) is 29.4 Å². The van der Waals surface area contributed by atoms with Crippen molar-refractivity contribution < 1.29 is 4.42 Å². The van der Waals surface area contributed by atoms with Gasteiger partial charge >= 0.3 is 0 Å². The molecule has 0 amide bonds. The molecule has 0 unspecified atom stereocenters. The Morgan fingerprint density at radius 2 is 1.96 bits per heavy atom. The normalized spacial score (nSPS) is 23.6. The summed E-state index contributed by atoms with van der Waals surface area (Å²) in [6.45, 7) is 2.98. The molecular formula is C18H24IN3O. The van der Waals surface area contributed by atoms with Gasteiger partial charge in [-0.15, -0.1) is 24.0 Å². The smallest absolute Gasteiger partial charge is 0.191 e. The van der Waals surface area contributed by atoms with Crippen LogP contribution in [0.1, 0.15) is 31.1 Å². The number of nitrogens with zero attached hydrogens (tertiary/aromatic N) is 1. The highest BCUT2D eigenvalue weighted by atomic mass is 127. The molecule has 124 valence electrons. The number of nitrogens with one attached hydrogen (secondary N) is 2. The molecule has 5 heteroatoms. The van der Waals surface area contributed by atoms with E-state index in [1.165, 1.54) is 5.56 Å². The number of aliphatic imine (C=N–C) groups is 1. The minimum absolute atomic E-state index is 0. The van der Waals surface area contributed by atoms with E-state index in [1.54, 1.807) is 13.3 Å². The van der Waals surface area contributed by atoms with Gasteiger partial charge in [-0.3, -0.25) is 4.99 Å². The van der Waals surface area contributed by atoms with E-state index in [0.29, 0.717) is 12.6 Å². The summed E-state index contributed by atoms with van der Waals surface area (Å²) in [6.07, 6.45) is 3.93. The fourth-order valence-corrected chi connectivity index (χ4v) is 3.18. The standard InChI is InChI=1S/C18H23N3O.HI/c1-18(14-7-4-3-5-8-14)11-15(12-18)21-17(19-2)20-13-16-9-6-10-22-16;/h3-10,15H,11-13H2,1-2H3,(H2,19,20,21);1H. The number of furan rings is 1. The number of hydrogen-bond donors (Lipinski definition) is 2. The van der Waals surface area contributed by atoms with Crippen LogP contribution in [0.4, 0.5) is 0 Å². The van der Waals surface area contributed by atoms with Gasteiger partial charge in [-0.25, -0.2) is 0 Å². The van der Waals surface area contributed by atoms with Crippen LogP contribution in [-0.2, 0) is 12.0 Å². The first-order valence-corrected chi connectivity index (χ1v) is 7.75. The maximum atomic E-state index is 5.32. The van der Waals surface area contributed by atoms with E-state index < -0.39 is 0 Å². The van der Waals surface area contributed by atoms with E-state index in [0.717, 1.165) is 24.6 Å². The summed E-state index contributed by atoms with van der Waals surface area (Å²) in [7, 11) is 1.80. The molecule has 3 rings (SSSR count). The van der Waals surface area contributed by atoms with Gasteiger partial charge in [0.2, 0.25) is 0 Å². The Kier molecular flexibility index (Phi) is 6.10. The molecule has 1 heterocycles. The van der Waals surface area contributed by atoms with Crippen LogP contribution in [0.5, 0.6) is 0 Å². The van der Waals surface area contributed by atoms with Crippen LogP contribution < -0.4 is 10.6 Å². The molecule has 1 aliphatic carbocycles. The van der Waals surface area contributed by atoms with Crippen molar-refractivity contribution in [1.29, 1.82) is 0 Å². The van der Waals surface area contributed by atoms with Gasteiger partial charge in [-0.1, -0.05) is 37.3 Å². The van der Waals surface area contributed by atoms with Crippen LogP contribution >= 0.6 is 24.0 Å². The Hall–Kier alpha value is -1.50. The Bertz CT molecular complexity index is 619. The molecule has 2 N–H and O–H groups in total. The number of rotatable bonds is 4. The lowest BCUT2D eigenvalue weighted by atomic mass is 9.63. The summed E-state index contributed by atoms with van der Waals surface area (Å²) in [5.41, 5.74) is 1.70. The van der Waals surface area contributed by atoms with Crippen LogP contribution in [0.25, 0.3) is 0 Å². The molecule has 0 aliphatic heterocycles. The van der Waals surface area contributed by atoms with Crippen LogP contribution in [-0.4, -0.2) is 19.0 Å². The summed E-state index contributed by atoms with van der Waals surface area (Å²) in [6, 6.07) is 15.1. The Morgan fingerprint density at radius 3 is 2.57 bits per heavy atom. The monoisotopic (exact) mass is 425 g/mol. The molecule has 1 aromatic heterocycles. The molecule has 2 aromatic rings. The van der Waals surface area contributed by atoms with Crippen molar-refractivity contribution in [3.05, 3.63) is 60.1 Å². The van der Waals surface area contributed by atoms with Gasteiger partial charge in [-0.2, -0.15) is 0 Å². The van der Waals surface area contributed by atoms with Crippen molar-refractivity contribution in [1.82, 2.24) is 10.6 Å². The van der Waals surface area contributed by atoms with Crippen LogP contribution in [0, 0.1) is 0 Å². The molecule has 1 aromatic carbocycles. The molecule has 0 saturated heterocycles. The molecule has 1 aliphatic rings. The third-order valence-electron chi connectivity index (χ3n) is 4.44. The highest BCUT2D eigenvalue weighted by Crippen LogP contribution is 2.43. The van der Waals surface area contributed by atoms with Crippen molar-refractivity contribution in [3.8, 4) is 0 Å². The molecule has 1 saturated carbocycles. The summed E-state index contributed by atoms with van der Waals surface area (Å²) in [5, 5.41) is 6.77. The SMILES string of the molecule is CN=C(NCc1ccco1)NC1CC(C)(c2ccccc2)C1.I. The summed E-state index contributed by atoms with van der Waals surface area (Å²) >= 11 is 0. The number of hydrogen-bond acceptors (Lipinski definition) is 2. The second-order valence-corrected chi connectivity index (χ2v) is 6.18. The van der Waals surface area contributed by atoms with E-state index >= 15 is 0 Å². The van der Waals surface area contributed by atoms with Gasteiger partial charge in [0.1, 0.15) is 5.76 Å². The molecule has 23 heavy (non-hydrogen) atoms. The van der Waals surface area contributed by atoms with Gasteiger partial charge < -0.3 is 15.1 Å². The minimum Gasteiger partial charge on any atom is -0.467 e. The predicted octanol–water partition coefficient (Wildman–Crippen LogP) is 3.68. The minimum atomic E-state index is 0. The van der Waals surface area contributed by atoms with Gasteiger partial charge in [0, 0.05) is 13.1 Å². The fourth-order valence-electron chi connectivity index (χ4n) is 3.18. The first-order valence-electron chi connectivity index (χ1n) is 7.75. The van der Waals surface area contributed by atoms with Crippen molar-refractivity contribution >= 4 is 29.9 Å². The average molecular weight is 425 g/mol. The van der Waals surface area contributed by atoms with E-state index in [4.69, 9.17) is 4.42 Å². The molecule has 0 radical (unpaired) electrons. The molecule has 0 atom stereocenters. The number of guanidine groups is 1. The van der Waals surface area contributed by atoms with E-state index in [9.17, 15) is 0 Å². The highest BCUT2D eigenvalue weighted by molar-refractivity contribution is 14.0. The van der Waals surface area contributed by atoms with Crippen molar-refractivity contribution in [2.45, 2.75) is 37.8 Å². The van der Waals surface area contributed by atoms with E-state index in [2.05, 4.69) is 52.9 Å². The van der Waals surface area contributed by atoms with Gasteiger partial charge in [-0.05, 0) is 36.0 Å². The Morgan fingerprint density at radius 1 is 1.22 bits per heavy atom. The van der Waals surface area contributed by atoms with Gasteiger partial charge in [0.05, 0.1) is 12.8 Å². The van der Waals surface area contributed by atoms with Crippen molar-refractivity contribution in [2.24, 2.45) is 4.99 Å². The lowest BCUT2D eigenvalue weighted by molar-refractivity contribution is 0.208. The number of halogens is 1. The third kappa shape index (κ3) is 4.28. The maximum Gasteiger partial charge on any atom is 0.191 e. The number of benzene rings is 1. The van der Waals surface area contributed by atoms with Gasteiger partial charge in [0.15, 0.2) is 5.96 Å². The third-order valence-corrected chi connectivity index (χ3v) is 4.44. The fraction of sp³-hybridized carbons (Fsp3) is 0.389. The van der Waals surface area contributed by atoms with Crippen LogP contribution in [0.15, 0.2) is 58.1 Å². The predicted molar refractivity (Wildman–Crippen MR) is 104 cm³/mol. The largest absolute Gasteiger partial charge is 0.467 e. The lowest BCUT2D eigenvalue weighted by Gasteiger charge is -2.46. The maximum absolute atomic E-state index is 5.32. The molecule has 0 bridgehead atoms. The summed E-state index contributed by atoms with van der Waals surface area (Å²) in [4.78, 5) is 4.28. The second kappa shape index (κ2) is 7.86. The zero-order valence-corrected chi connectivity index (χ0v) is 15.9. The van der Waals surface area contributed by atoms with Gasteiger partial charge in [0.25, 0.3) is 0 Å². The average Bonchev–Trinajstić information content (AvgIpc) is 3.03. The molecular weight excluding hydrogens is 401 g/mol.